The van der Waals surface area contributed by atoms with Gasteiger partial charge in [-0.15, -0.1) is 0 Å². The third-order valence-corrected chi connectivity index (χ3v) is 3.64. The zero-order chi connectivity index (χ0) is 14.8. The highest BCUT2D eigenvalue weighted by Gasteiger charge is 2.30. The number of aromatic nitrogens is 1. The number of nitrogens with zero attached hydrogens (tertiary/aromatic N) is 2. The lowest BCUT2D eigenvalue weighted by Gasteiger charge is -2.20. The number of benzene rings is 1. The summed E-state index contributed by atoms with van der Waals surface area (Å²) in [5.74, 6) is -0.589. The smallest absolute Gasteiger partial charge is 0.357 e. The molecule has 1 heterocycles. The van der Waals surface area contributed by atoms with Crippen LogP contribution in [-0.4, -0.2) is 27.0 Å². The highest BCUT2D eigenvalue weighted by atomic mass is 16.4. The maximum Gasteiger partial charge on any atom is 0.357 e. The minimum Gasteiger partial charge on any atom is -0.476 e. The third-order valence-electron chi connectivity index (χ3n) is 3.64. The van der Waals surface area contributed by atoms with E-state index in [4.69, 9.17) is 9.52 Å². The van der Waals surface area contributed by atoms with Crippen LogP contribution in [0.4, 0.5) is 0 Å². The first-order valence-corrected chi connectivity index (χ1v) is 7.09. The zero-order valence-corrected chi connectivity index (χ0v) is 12.0. The average molecular weight is 286 g/mol. The quantitative estimate of drug-likeness (QED) is 0.884. The highest BCUT2D eigenvalue weighted by molar-refractivity contribution is 5.84. The summed E-state index contributed by atoms with van der Waals surface area (Å²) in [5.41, 5.74) is 2.47. The summed E-state index contributed by atoms with van der Waals surface area (Å²) in [4.78, 5) is 17.1. The van der Waals surface area contributed by atoms with Gasteiger partial charge in [0.1, 0.15) is 6.26 Å². The second kappa shape index (κ2) is 5.69. The predicted octanol–water partition coefficient (Wildman–Crippen LogP) is 2.85. The minimum absolute atomic E-state index is 0.0312. The molecule has 1 aliphatic rings. The molecular weight excluding hydrogens is 268 g/mol. The van der Waals surface area contributed by atoms with E-state index in [1.54, 1.807) is 0 Å². The van der Waals surface area contributed by atoms with Gasteiger partial charge in [-0.2, -0.15) is 0 Å². The summed E-state index contributed by atoms with van der Waals surface area (Å²) in [6, 6.07) is 8.97. The number of aryl methyl sites for hydroxylation is 1. The molecule has 2 aromatic rings. The van der Waals surface area contributed by atoms with E-state index in [0.29, 0.717) is 18.5 Å². The number of aromatic carboxylic acids is 1. The van der Waals surface area contributed by atoms with Crippen LogP contribution in [0.1, 0.15) is 40.3 Å². The zero-order valence-electron chi connectivity index (χ0n) is 12.0. The van der Waals surface area contributed by atoms with E-state index in [9.17, 15) is 4.79 Å². The Kier molecular flexibility index (Phi) is 3.75. The monoisotopic (exact) mass is 286 g/mol. The van der Waals surface area contributed by atoms with Crippen LogP contribution in [0.3, 0.4) is 0 Å². The lowest BCUT2D eigenvalue weighted by Crippen LogP contribution is -2.25. The fourth-order valence-electron chi connectivity index (χ4n) is 2.45. The molecule has 0 atom stereocenters. The molecule has 21 heavy (non-hydrogen) atoms. The molecule has 110 valence electrons. The van der Waals surface area contributed by atoms with Crippen LogP contribution in [0.15, 0.2) is 34.9 Å². The Bertz CT molecular complexity index is 646. The van der Waals surface area contributed by atoms with Gasteiger partial charge in [-0.1, -0.05) is 29.8 Å². The van der Waals surface area contributed by atoms with Crippen LogP contribution in [0.25, 0.3) is 0 Å². The Labute approximate surface area is 123 Å². The number of hydrogen-bond donors (Lipinski definition) is 1. The maximum atomic E-state index is 10.8. The molecule has 0 amide bonds. The van der Waals surface area contributed by atoms with Crippen LogP contribution in [0.5, 0.6) is 0 Å². The van der Waals surface area contributed by atoms with Crippen LogP contribution in [-0.2, 0) is 13.1 Å². The molecule has 1 aromatic carbocycles. The standard InChI is InChI=1S/C16H18N2O3/c1-11-3-2-4-12(7-11)8-18(13-5-6-13)9-15-17-14(10-21-15)16(19)20/h2-4,7,10,13H,5-6,8-9H2,1H3,(H,19,20). The summed E-state index contributed by atoms with van der Waals surface area (Å²) in [7, 11) is 0. The van der Waals surface area contributed by atoms with Gasteiger partial charge in [-0.05, 0) is 25.3 Å². The number of rotatable bonds is 6. The second-order valence-corrected chi connectivity index (χ2v) is 5.56. The van der Waals surface area contributed by atoms with E-state index in [-0.39, 0.29) is 5.69 Å². The predicted molar refractivity (Wildman–Crippen MR) is 76.9 cm³/mol. The van der Waals surface area contributed by atoms with Gasteiger partial charge in [0.25, 0.3) is 0 Å². The van der Waals surface area contributed by atoms with E-state index in [0.717, 1.165) is 6.54 Å². The Morgan fingerprint density at radius 1 is 1.43 bits per heavy atom. The molecule has 0 radical (unpaired) electrons. The van der Waals surface area contributed by atoms with Crippen LogP contribution >= 0.6 is 0 Å². The van der Waals surface area contributed by atoms with E-state index < -0.39 is 5.97 Å². The van der Waals surface area contributed by atoms with E-state index in [1.165, 1.54) is 30.2 Å². The van der Waals surface area contributed by atoms with Gasteiger partial charge in [0.2, 0.25) is 5.89 Å². The van der Waals surface area contributed by atoms with Crippen molar-refractivity contribution in [3.8, 4) is 0 Å². The first kappa shape index (κ1) is 13.8. The first-order chi connectivity index (χ1) is 10.1. The fourth-order valence-corrected chi connectivity index (χ4v) is 2.45. The molecule has 1 aromatic heterocycles. The van der Waals surface area contributed by atoms with Gasteiger partial charge in [-0.3, -0.25) is 4.90 Å². The van der Waals surface area contributed by atoms with Gasteiger partial charge in [0, 0.05) is 12.6 Å². The SMILES string of the molecule is Cc1cccc(CN(Cc2nc(C(=O)O)co2)C2CC2)c1. The molecule has 5 nitrogen and oxygen atoms in total. The Hall–Kier alpha value is -2.14. The lowest BCUT2D eigenvalue weighted by molar-refractivity contribution is 0.0690. The number of oxazole rings is 1. The van der Waals surface area contributed by atoms with Crippen molar-refractivity contribution in [2.45, 2.75) is 38.9 Å². The van der Waals surface area contributed by atoms with Gasteiger partial charge >= 0.3 is 5.97 Å². The van der Waals surface area contributed by atoms with E-state index in [2.05, 4.69) is 41.1 Å². The van der Waals surface area contributed by atoms with E-state index in [1.807, 2.05) is 0 Å². The van der Waals surface area contributed by atoms with Crippen LogP contribution < -0.4 is 0 Å². The van der Waals surface area contributed by atoms with Gasteiger partial charge in [0.15, 0.2) is 5.69 Å². The number of carboxylic acid groups (broad SMARTS) is 1. The average Bonchev–Trinajstić information content (AvgIpc) is 3.18. The largest absolute Gasteiger partial charge is 0.476 e. The fraction of sp³-hybridized carbons (Fsp3) is 0.375. The Morgan fingerprint density at radius 2 is 2.24 bits per heavy atom. The molecular formula is C16H18N2O3. The Balaban J connectivity index is 1.71. The topological polar surface area (TPSA) is 66.6 Å². The van der Waals surface area contributed by atoms with Crippen molar-refractivity contribution >= 4 is 5.97 Å². The van der Waals surface area contributed by atoms with Crippen LogP contribution in [0.2, 0.25) is 0 Å². The molecule has 0 aliphatic heterocycles. The molecule has 0 unspecified atom stereocenters. The molecule has 1 saturated carbocycles. The van der Waals surface area contributed by atoms with Crippen molar-refractivity contribution in [1.82, 2.24) is 9.88 Å². The van der Waals surface area contributed by atoms with Gasteiger partial charge in [-0.25, -0.2) is 9.78 Å². The molecule has 3 rings (SSSR count). The summed E-state index contributed by atoms with van der Waals surface area (Å²) < 4.78 is 5.26. The van der Waals surface area contributed by atoms with Crippen molar-refractivity contribution in [3.05, 3.63) is 53.2 Å². The number of carbonyl (C=O) groups is 1. The summed E-state index contributed by atoms with van der Waals surface area (Å²) in [6.45, 7) is 3.46. The number of carboxylic acids is 1. The normalized spacial score (nSPS) is 14.6. The van der Waals surface area contributed by atoms with Crippen LogP contribution in [0, 0.1) is 6.92 Å². The minimum atomic E-state index is -1.05. The van der Waals surface area contributed by atoms with Crippen molar-refractivity contribution in [2.75, 3.05) is 0 Å². The number of hydrogen-bond acceptors (Lipinski definition) is 4. The van der Waals surface area contributed by atoms with Crippen molar-refractivity contribution < 1.29 is 14.3 Å². The maximum absolute atomic E-state index is 10.8. The molecule has 0 saturated heterocycles. The molecule has 5 heteroatoms. The van der Waals surface area contributed by atoms with E-state index >= 15 is 0 Å². The summed E-state index contributed by atoms with van der Waals surface area (Å²) in [5, 5.41) is 8.88. The van der Waals surface area contributed by atoms with Gasteiger partial charge < -0.3 is 9.52 Å². The van der Waals surface area contributed by atoms with Crippen molar-refractivity contribution in [2.24, 2.45) is 0 Å². The molecule has 1 fully saturated rings. The summed E-state index contributed by atoms with van der Waals surface area (Å²) >= 11 is 0. The molecule has 0 spiro atoms. The third kappa shape index (κ3) is 3.49. The molecule has 0 bridgehead atoms. The Morgan fingerprint density at radius 3 is 2.86 bits per heavy atom. The lowest BCUT2D eigenvalue weighted by atomic mass is 10.1. The van der Waals surface area contributed by atoms with Crippen molar-refractivity contribution in [1.29, 1.82) is 0 Å². The molecule has 1 N–H and O–H groups in total. The van der Waals surface area contributed by atoms with Gasteiger partial charge in [0.05, 0.1) is 6.54 Å². The molecule has 1 aliphatic carbocycles. The second-order valence-electron chi connectivity index (χ2n) is 5.56. The summed E-state index contributed by atoms with van der Waals surface area (Å²) in [6.07, 6.45) is 3.56. The van der Waals surface area contributed by atoms with Crippen molar-refractivity contribution in [3.63, 3.8) is 0 Å². The first-order valence-electron chi connectivity index (χ1n) is 7.09. The highest BCUT2D eigenvalue weighted by Crippen LogP contribution is 2.29.